The highest BCUT2D eigenvalue weighted by Gasteiger charge is 2.28. The summed E-state index contributed by atoms with van der Waals surface area (Å²) >= 11 is 0. The number of hydrogen-bond donors (Lipinski definition) is 2. The number of carbonyl (C=O) groups excluding carboxylic acids is 3. The van der Waals surface area contributed by atoms with Crippen LogP contribution in [-0.4, -0.2) is 35.9 Å². The van der Waals surface area contributed by atoms with E-state index in [0.717, 1.165) is 5.56 Å². The first-order valence-corrected chi connectivity index (χ1v) is 8.73. The molecule has 3 aromatic rings. The second-order valence-corrected chi connectivity index (χ2v) is 6.41. The molecule has 0 bridgehead atoms. The van der Waals surface area contributed by atoms with Crippen LogP contribution in [0.25, 0.3) is 22.6 Å². The molecule has 1 fully saturated rings. The molecule has 0 saturated carbocycles. The zero-order valence-corrected chi connectivity index (χ0v) is 15.0. The van der Waals surface area contributed by atoms with Crippen LogP contribution in [0.4, 0.5) is 0 Å². The topological polar surface area (TPSA) is 111 Å². The van der Waals surface area contributed by atoms with Crippen LogP contribution in [0.2, 0.25) is 0 Å². The summed E-state index contributed by atoms with van der Waals surface area (Å²) in [6.45, 7) is 0. The van der Waals surface area contributed by atoms with E-state index in [9.17, 15) is 14.4 Å². The van der Waals surface area contributed by atoms with Gasteiger partial charge in [-0.15, -0.1) is 0 Å². The van der Waals surface area contributed by atoms with Crippen molar-refractivity contribution in [3.8, 4) is 17.2 Å². The standard InChI is InChI=1S/C20H17N3O5/c1-27-13-4-2-3-12(9-13)20-22-14-6-5-11(10-16(14)28-20)18(25)21-15-7-8-17(24)23-19(15)26/h2-6,9-10,15H,7-8H2,1H3,(H,21,25)(H,23,24,26). The molecule has 4 rings (SSSR count). The fourth-order valence-electron chi connectivity index (χ4n) is 3.02. The number of methoxy groups -OCH3 is 1. The van der Waals surface area contributed by atoms with Crippen molar-refractivity contribution in [3.63, 3.8) is 0 Å². The number of imide groups is 1. The number of benzene rings is 2. The highest BCUT2D eigenvalue weighted by Crippen LogP contribution is 2.27. The predicted octanol–water partition coefficient (Wildman–Crippen LogP) is 2.04. The van der Waals surface area contributed by atoms with Crippen LogP contribution in [0.1, 0.15) is 23.2 Å². The van der Waals surface area contributed by atoms with Gasteiger partial charge in [0.25, 0.3) is 5.91 Å². The van der Waals surface area contributed by atoms with Gasteiger partial charge in [-0.2, -0.15) is 0 Å². The van der Waals surface area contributed by atoms with Crippen LogP contribution in [0.5, 0.6) is 5.75 Å². The third-order valence-corrected chi connectivity index (χ3v) is 4.51. The zero-order chi connectivity index (χ0) is 19.7. The maximum Gasteiger partial charge on any atom is 0.252 e. The van der Waals surface area contributed by atoms with Gasteiger partial charge in [0.2, 0.25) is 17.7 Å². The van der Waals surface area contributed by atoms with Crippen molar-refractivity contribution < 1.29 is 23.5 Å². The summed E-state index contributed by atoms with van der Waals surface area (Å²) in [6.07, 6.45) is 0.475. The first-order chi connectivity index (χ1) is 13.5. The fourth-order valence-corrected chi connectivity index (χ4v) is 3.02. The minimum Gasteiger partial charge on any atom is -0.497 e. The van der Waals surface area contributed by atoms with Crippen molar-refractivity contribution >= 4 is 28.8 Å². The van der Waals surface area contributed by atoms with Crippen LogP contribution in [0.15, 0.2) is 46.9 Å². The number of oxazole rings is 1. The molecule has 8 nitrogen and oxygen atoms in total. The van der Waals surface area contributed by atoms with Gasteiger partial charge in [0.05, 0.1) is 7.11 Å². The number of nitrogens with zero attached hydrogens (tertiary/aromatic N) is 1. The molecule has 28 heavy (non-hydrogen) atoms. The molecule has 1 aliphatic heterocycles. The van der Waals surface area contributed by atoms with Gasteiger partial charge in [-0.1, -0.05) is 6.07 Å². The molecule has 2 aromatic carbocycles. The molecule has 1 atom stereocenters. The first kappa shape index (κ1) is 17.7. The number of amides is 3. The Morgan fingerprint density at radius 3 is 2.89 bits per heavy atom. The molecule has 0 spiro atoms. The van der Waals surface area contributed by atoms with Crippen molar-refractivity contribution in [3.05, 3.63) is 48.0 Å². The first-order valence-electron chi connectivity index (χ1n) is 8.73. The van der Waals surface area contributed by atoms with Gasteiger partial charge in [-0.05, 0) is 42.8 Å². The highest BCUT2D eigenvalue weighted by atomic mass is 16.5. The Kier molecular flexibility index (Phi) is 4.52. The average molecular weight is 379 g/mol. The van der Waals surface area contributed by atoms with E-state index in [0.29, 0.717) is 28.3 Å². The van der Waals surface area contributed by atoms with E-state index in [-0.39, 0.29) is 18.7 Å². The summed E-state index contributed by atoms with van der Waals surface area (Å²) in [4.78, 5) is 39.9. The smallest absolute Gasteiger partial charge is 0.252 e. The summed E-state index contributed by atoms with van der Waals surface area (Å²) in [6, 6.07) is 11.5. The summed E-state index contributed by atoms with van der Waals surface area (Å²) in [5.74, 6) is -0.147. The number of rotatable bonds is 4. The van der Waals surface area contributed by atoms with Crippen molar-refractivity contribution in [1.29, 1.82) is 0 Å². The van der Waals surface area contributed by atoms with Gasteiger partial charge in [-0.25, -0.2) is 4.98 Å². The Balaban J connectivity index is 1.56. The lowest BCUT2D eigenvalue weighted by Crippen LogP contribution is -2.52. The van der Waals surface area contributed by atoms with Gasteiger partial charge in [0, 0.05) is 17.5 Å². The van der Waals surface area contributed by atoms with Crippen molar-refractivity contribution in [2.75, 3.05) is 7.11 Å². The Hall–Kier alpha value is -3.68. The van der Waals surface area contributed by atoms with Crippen LogP contribution < -0.4 is 15.4 Å². The Morgan fingerprint density at radius 2 is 2.11 bits per heavy atom. The maximum absolute atomic E-state index is 12.5. The third kappa shape index (κ3) is 3.44. The molecule has 1 aromatic heterocycles. The van der Waals surface area contributed by atoms with E-state index in [2.05, 4.69) is 15.6 Å². The second-order valence-electron chi connectivity index (χ2n) is 6.41. The van der Waals surface area contributed by atoms with E-state index in [4.69, 9.17) is 9.15 Å². The monoisotopic (exact) mass is 379 g/mol. The third-order valence-electron chi connectivity index (χ3n) is 4.51. The minimum absolute atomic E-state index is 0.196. The van der Waals surface area contributed by atoms with Gasteiger partial charge in [0.15, 0.2) is 5.58 Å². The van der Waals surface area contributed by atoms with Gasteiger partial charge < -0.3 is 14.5 Å². The molecule has 3 amide bonds. The molecular weight excluding hydrogens is 362 g/mol. The molecule has 0 radical (unpaired) electrons. The molecule has 2 heterocycles. The molecule has 2 N–H and O–H groups in total. The Bertz CT molecular complexity index is 1090. The van der Waals surface area contributed by atoms with Crippen LogP contribution in [0, 0.1) is 0 Å². The second kappa shape index (κ2) is 7.15. The number of fused-ring (bicyclic) bond motifs is 1. The normalized spacial score (nSPS) is 16.7. The van der Waals surface area contributed by atoms with Gasteiger partial charge in [-0.3, -0.25) is 19.7 Å². The number of piperidine rings is 1. The number of aromatic nitrogens is 1. The fraction of sp³-hybridized carbons (Fsp3) is 0.200. The largest absolute Gasteiger partial charge is 0.497 e. The highest BCUT2D eigenvalue weighted by molar-refractivity contribution is 6.04. The SMILES string of the molecule is COc1cccc(-c2nc3ccc(C(=O)NC4CCC(=O)NC4=O)cc3o2)c1. The van der Waals surface area contributed by atoms with Crippen LogP contribution in [-0.2, 0) is 9.59 Å². The lowest BCUT2D eigenvalue weighted by Gasteiger charge is -2.21. The van der Waals surface area contributed by atoms with Gasteiger partial charge >= 0.3 is 0 Å². The molecule has 1 aliphatic rings. The Morgan fingerprint density at radius 1 is 1.25 bits per heavy atom. The zero-order valence-electron chi connectivity index (χ0n) is 15.0. The molecular formula is C20H17N3O5. The maximum atomic E-state index is 12.5. The molecule has 142 valence electrons. The van der Waals surface area contributed by atoms with E-state index < -0.39 is 17.9 Å². The van der Waals surface area contributed by atoms with E-state index in [1.807, 2.05) is 18.2 Å². The van der Waals surface area contributed by atoms with Crippen molar-refractivity contribution in [2.45, 2.75) is 18.9 Å². The lowest BCUT2D eigenvalue weighted by molar-refractivity contribution is -0.134. The lowest BCUT2D eigenvalue weighted by atomic mass is 10.1. The summed E-state index contributed by atoms with van der Waals surface area (Å²) in [5, 5.41) is 4.86. The summed E-state index contributed by atoms with van der Waals surface area (Å²) in [7, 11) is 1.58. The van der Waals surface area contributed by atoms with E-state index in [1.54, 1.807) is 31.4 Å². The van der Waals surface area contributed by atoms with E-state index in [1.165, 1.54) is 0 Å². The summed E-state index contributed by atoms with van der Waals surface area (Å²) < 4.78 is 11.0. The summed E-state index contributed by atoms with van der Waals surface area (Å²) in [5.41, 5.74) is 2.15. The van der Waals surface area contributed by atoms with Crippen LogP contribution >= 0.6 is 0 Å². The molecule has 0 aliphatic carbocycles. The molecule has 8 heteroatoms. The number of ether oxygens (including phenoxy) is 1. The van der Waals surface area contributed by atoms with E-state index >= 15 is 0 Å². The number of nitrogens with one attached hydrogen (secondary N) is 2. The Labute approximate surface area is 159 Å². The van der Waals surface area contributed by atoms with Crippen LogP contribution in [0.3, 0.4) is 0 Å². The number of carbonyl (C=O) groups is 3. The molecule has 1 unspecified atom stereocenters. The average Bonchev–Trinajstić information content (AvgIpc) is 3.13. The minimum atomic E-state index is -0.733. The quantitative estimate of drug-likeness (QED) is 0.671. The van der Waals surface area contributed by atoms with Crippen molar-refractivity contribution in [2.24, 2.45) is 0 Å². The van der Waals surface area contributed by atoms with Gasteiger partial charge in [0.1, 0.15) is 17.3 Å². The van der Waals surface area contributed by atoms with Crippen molar-refractivity contribution in [1.82, 2.24) is 15.6 Å². The molecule has 1 saturated heterocycles. The predicted molar refractivity (Wildman–Crippen MR) is 99.6 cm³/mol. The number of hydrogen-bond acceptors (Lipinski definition) is 6.